The Balaban J connectivity index is 1.31. The van der Waals surface area contributed by atoms with E-state index >= 15 is 0 Å². The van der Waals surface area contributed by atoms with E-state index in [1.807, 2.05) is 55.2 Å². The highest BCUT2D eigenvalue weighted by Gasteiger charge is 2.25. The maximum Gasteiger partial charge on any atom is 0.155 e. The molecule has 6 rings (SSSR count). The van der Waals surface area contributed by atoms with Gasteiger partial charge in [-0.25, -0.2) is 15.0 Å². The van der Waals surface area contributed by atoms with E-state index in [0.29, 0.717) is 12.5 Å². The summed E-state index contributed by atoms with van der Waals surface area (Å²) in [4.78, 5) is 16.1. The lowest BCUT2D eigenvalue weighted by atomic mass is 10.1. The predicted octanol–water partition coefficient (Wildman–Crippen LogP) is 7.00. The summed E-state index contributed by atoms with van der Waals surface area (Å²) in [7, 11) is 1.99. The molecule has 1 atom stereocenters. The number of anilines is 3. The molecule has 0 radical (unpaired) electrons. The molecule has 3 aromatic carbocycles. The van der Waals surface area contributed by atoms with Gasteiger partial charge in [0.15, 0.2) is 5.75 Å². The van der Waals surface area contributed by atoms with Crippen LogP contribution in [0.2, 0.25) is 0 Å². The Bertz CT molecular complexity index is 1650. The molecule has 1 aliphatic heterocycles. The van der Waals surface area contributed by atoms with Gasteiger partial charge in [-0.1, -0.05) is 13.8 Å². The van der Waals surface area contributed by atoms with E-state index in [1.54, 1.807) is 6.33 Å². The summed E-state index contributed by atoms with van der Waals surface area (Å²) >= 11 is 0. The molecule has 0 bridgehead atoms. The number of nitrogens with zero attached hydrogens (tertiary/aromatic N) is 5. The van der Waals surface area contributed by atoms with Gasteiger partial charge in [0, 0.05) is 37.8 Å². The smallest absolute Gasteiger partial charge is 0.155 e. The summed E-state index contributed by atoms with van der Waals surface area (Å²) in [5, 5.41) is 4.44. The van der Waals surface area contributed by atoms with E-state index < -0.39 is 0 Å². The molecule has 0 amide bonds. The monoisotopic (exact) mass is 522 g/mol. The standard InChI is InChI=1S/C31H34N6O2/c1-5-13-37-16-21(6-2)17-38-30-27(37)11-9-24-29(30)31(33-18-32-24)35-22-7-12-28(20(3)14-22)39-23-8-10-26-25(15-23)34-19-36(26)4/h7-12,14-15,18-19,21H,5-6,13,16-17H2,1-4H3,(H,32,33,35)/t21-/m1/s1. The number of ether oxygens (including phenoxy) is 2. The Hall–Kier alpha value is -4.33. The highest BCUT2D eigenvalue weighted by atomic mass is 16.5. The Morgan fingerprint density at radius 1 is 1.03 bits per heavy atom. The normalized spacial score (nSPS) is 15.2. The molecule has 1 aliphatic rings. The van der Waals surface area contributed by atoms with Crippen LogP contribution in [-0.4, -0.2) is 39.2 Å². The molecule has 1 N–H and O–H groups in total. The molecule has 2 aromatic heterocycles. The fourth-order valence-corrected chi connectivity index (χ4v) is 5.28. The fourth-order valence-electron chi connectivity index (χ4n) is 5.28. The van der Waals surface area contributed by atoms with Crippen molar-refractivity contribution >= 4 is 39.1 Å². The minimum Gasteiger partial charge on any atom is -0.490 e. The van der Waals surface area contributed by atoms with Crippen LogP contribution in [0.25, 0.3) is 21.9 Å². The van der Waals surface area contributed by atoms with Crippen molar-refractivity contribution < 1.29 is 9.47 Å². The second kappa shape index (κ2) is 10.4. The molecule has 0 saturated carbocycles. The Morgan fingerprint density at radius 2 is 1.92 bits per heavy atom. The predicted molar refractivity (Wildman–Crippen MR) is 157 cm³/mol. The summed E-state index contributed by atoms with van der Waals surface area (Å²) in [6.07, 6.45) is 5.57. The largest absolute Gasteiger partial charge is 0.490 e. The highest BCUT2D eigenvalue weighted by molar-refractivity contribution is 6.00. The molecule has 0 fully saturated rings. The van der Waals surface area contributed by atoms with E-state index in [9.17, 15) is 0 Å². The first kappa shape index (κ1) is 25.0. The number of benzene rings is 3. The number of fused-ring (bicyclic) bond motifs is 4. The summed E-state index contributed by atoms with van der Waals surface area (Å²) in [5.41, 5.74) is 5.88. The van der Waals surface area contributed by atoms with Gasteiger partial charge in [-0.15, -0.1) is 0 Å². The van der Waals surface area contributed by atoms with E-state index in [2.05, 4.69) is 57.2 Å². The fraction of sp³-hybridized carbons (Fsp3) is 0.323. The van der Waals surface area contributed by atoms with E-state index in [1.165, 1.54) is 0 Å². The maximum absolute atomic E-state index is 6.47. The lowest BCUT2D eigenvalue weighted by molar-refractivity contribution is 0.260. The second-order valence-electron chi connectivity index (χ2n) is 10.3. The molecule has 5 aromatic rings. The SMILES string of the molecule is CCCN1C[C@@H](CC)COc2c1ccc1ncnc(Nc3ccc(Oc4ccc5c(c4)ncn5C)c(C)c3)c21. The molecule has 0 spiro atoms. The van der Waals surface area contributed by atoms with Crippen molar-refractivity contribution in [2.24, 2.45) is 13.0 Å². The molecule has 8 heteroatoms. The van der Waals surface area contributed by atoms with Gasteiger partial charge in [-0.2, -0.15) is 0 Å². The number of hydrogen-bond acceptors (Lipinski definition) is 7. The van der Waals surface area contributed by atoms with Crippen LogP contribution in [0.4, 0.5) is 17.2 Å². The Kier molecular flexibility index (Phi) is 6.69. The van der Waals surface area contributed by atoms with E-state index in [4.69, 9.17) is 9.47 Å². The van der Waals surface area contributed by atoms with Gasteiger partial charge >= 0.3 is 0 Å². The van der Waals surface area contributed by atoms with E-state index in [-0.39, 0.29) is 0 Å². The van der Waals surface area contributed by atoms with Crippen LogP contribution >= 0.6 is 0 Å². The zero-order valence-corrected chi connectivity index (χ0v) is 22.9. The number of imidazole rings is 1. The summed E-state index contributed by atoms with van der Waals surface area (Å²) in [6.45, 7) is 9.16. The van der Waals surface area contributed by atoms with E-state index in [0.717, 1.165) is 87.9 Å². The van der Waals surface area contributed by atoms with Crippen LogP contribution in [0.5, 0.6) is 17.2 Å². The molecular weight excluding hydrogens is 488 g/mol. The highest BCUT2D eigenvalue weighted by Crippen LogP contribution is 2.42. The molecule has 8 nitrogen and oxygen atoms in total. The number of aryl methyl sites for hydroxylation is 2. The quantitative estimate of drug-likeness (QED) is 0.247. The summed E-state index contributed by atoms with van der Waals surface area (Å²) in [5.74, 6) is 3.63. The van der Waals surface area contributed by atoms with Crippen molar-refractivity contribution in [2.75, 3.05) is 29.9 Å². The summed E-state index contributed by atoms with van der Waals surface area (Å²) in [6, 6.07) is 16.2. The molecule has 39 heavy (non-hydrogen) atoms. The van der Waals surface area contributed by atoms with Gasteiger partial charge in [0.05, 0.1) is 40.6 Å². The zero-order valence-electron chi connectivity index (χ0n) is 22.9. The van der Waals surface area contributed by atoms with Crippen LogP contribution in [0.15, 0.2) is 61.2 Å². The van der Waals surface area contributed by atoms with Crippen LogP contribution in [0, 0.1) is 12.8 Å². The summed E-state index contributed by atoms with van der Waals surface area (Å²) < 4.78 is 14.7. The number of aromatic nitrogens is 4. The molecule has 0 unspecified atom stereocenters. The van der Waals surface area contributed by atoms with Gasteiger partial charge in [0.2, 0.25) is 0 Å². The average Bonchev–Trinajstić information content (AvgIpc) is 3.21. The first-order valence-electron chi connectivity index (χ1n) is 13.7. The number of rotatable bonds is 7. The maximum atomic E-state index is 6.47. The minimum absolute atomic E-state index is 0.480. The van der Waals surface area contributed by atoms with Gasteiger partial charge < -0.3 is 24.3 Å². The van der Waals surface area contributed by atoms with Crippen LogP contribution in [0.3, 0.4) is 0 Å². The van der Waals surface area contributed by atoms with Crippen LogP contribution in [-0.2, 0) is 7.05 Å². The Morgan fingerprint density at radius 3 is 2.74 bits per heavy atom. The van der Waals surface area contributed by atoms with Crippen LogP contribution < -0.4 is 19.7 Å². The Labute approximate surface area is 228 Å². The van der Waals surface area contributed by atoms with Gasteiger partial charge in [-0.3, -0.25) is 0 Å². The van der Waals surface area contributed by atoms with Crippen molar-refractivity contribution in [1.82, 2.24) is 19.5 Å². The first-order valence-corrected chi connectivity index (χ1v) is 13.7. The molecule has 0 saturated heterocycles. The average molecular weight is 523 g/mol. The van der Waals surface area contributed by atoms with Crippen molar-refractivity contribution in [3.63, 3.8) is 0 Å². The third kappa shape index (κ3) is 4.82. The van der Waals surface area contributed by atoms with Gasteiger partial charge in [0.1, 0.15) is 23.6 Å². The molecule has 200 valence electrons. The van der Waals surface area contributed by atoms with Crippen LogP contribution in [0.1, 0.15) is 32.3 Å². The number of nitrogens with one attached hydrogen (secondary N) is 1. The molecular formula is C31H34N6O2. The lowest BCUT2D eigenvalue weighted by Crippen LogP contribution is -2.30. The molecule has 3 heterocycles. The number of hydrogen-bond donors (Lipinski definition) is 1. The third-order valence-electron chi connectivity index (χ3n) is 7.45. The van der Waals surface area contributed by atoms with Crippen molar-refractivity contribution in [3.05, 3.63) is 66.7 Å². The topological polar surface area (TPSA) is 77.3 Å². The lowest BCUT2D eigenvalue weighted by Gasteiger charge is -2.26. The van der Waals surface area contributed by atoms with Crippen molar-refractivity contribution in [2.45, 2.75) is 33.6 Å². The second-order valence-corrected chi connectivity index (χ2v) is 10.3. The van der Waals surface area contributed by atoms with Gasteiger partial charge in [0.25, 0.3) is 0 Å². The minimum atomic E-state index is 0.480. The third-order valence-corrected chi connectivity index (χ3v) is 7.45. The van der Waals surface area contributed by atoms with Gasteiger partial charge in [-0.05, 0) is 67.8 Å². The van der Waals surface area contributed by atoms with Crippen molar-refractivity contribution in [1.29, 1.82) is 0 Å². The first-order chi connectivity index (χ1) is 19.0. The van der Waals surface area contributed by atoms with Crippen molar-refractivity contribution in [3.8, 4) is 17.2 Å². The molecule has 0 aliphatic carbocycles. The zero-order chi connectivity index (χ0) is 26.9.